The topological polar surface area (TPSA) is 137 Å². The van der Waals surface area contributed by atoms with Crippen molar-refractivity contribution in [3.05, 3.63) is 58.2 Å². The van der Waals surface area contributed by atoms with Gasteiger partial charge in [-0.15, -0.1) is 0 Å². The number of nitrogens with two attached hydrogens (primary N) is 1. The van der Waals surface area contributed by atoms with Gasteiger partial charge in [-0.05, 0) is 44.8 Å². The van der Waals surface area contributed by atoms with E-state index in [-0.39, 0.29) is 38.4 Å². The number of amides is 2. The molecule has 1 aliphatic rings. The number of hydrogen-bond donors (Lipinski definition) is 2. The van der Waals surface area contributed by atoms with Crippen LogP contribution in [0.15, 0.2) is 25.9 Å². The fraction of sp³-hybridized carbons (Fsp3) is 0.0714. The van der Waals surface area contributed by atoms with Crippen LogP contribution in [0.25, 0.3) is 5.69 Å². The number of halogens is 2. The summed E-state index contributed by atoms with van der Waals surface area (Å²) in [5.41, 5.74) is 5.05. The number of aromatic nitrogens is 1. The summed E-state index contributed by atoms with van der Waals surface area (Å²) in [4.78, 5) is 46.9. The average molecular weight is 472 g/mol. The van der Waals surface area contributed by atoms with Gasteiger partial charge < -0.3 is 5.73 Å². The predicted molar refractivity (Wildman–Crippen MR) is 95.0 cm³/mol. The zero-order valence-electron chi connectivity index (χ0n) is 12.4. The highest BCUT2D eigenvalue weighted by molar-refractivity contribution is 9.11. The van der Waals surface area contributed by atoms with E-state index in [2.05, 4.69) is 37.2 Å². The SMILES string of the molecule is Cc1c(-n2c(N)c3c(cc2=O)C(=O)NC3=O)c(Br)cc(Br)c1[N+](=O)[O-]. The van der Waals surface area contributed by atoms with Gasteiger partial charge in [-0.3, -0.25) is 34.4 Å². The second-order valence-corrected chi connectivity index (χ2v) is 6.90. The fourth-order valence-corrected chi connectivity index (χ4v) is 4.41. The molecule has 9 nitrogen and oxygen atoms in total. The van der Waals surface area contributed by atoms with Gasteiger partial charge in [0.1, 0.15) is 5.82 Å². The predicted octanol–water partition coefficient (Wildman–Crippen LogP) is 2.04. The molecule has 11 heteroatoms. The summed E-state index contributed by atoms with van der Waals surface area (Å²) in [7, 11) is 0. The van der Waals surface area contributed by atoms with Crippen molar-refractivity contribution in [1.82, 2.24) is 9.88 Å². The number of nitrogen functional groups attached to an aromatic ring is 1. The highest BCUT2D eigenvalue weighted by atomic mass is 79.9. The summed E-state index contributed by atoms with van der Waals surface area (Å²) in [5, 5.41) is 13.4. The zero-order chi connectivity index (χ0) is 18.6. The lowest BCUT2D eigenvalue weighted by Gasteiger charge is -2.16. The number of imide groups is 1. The molecule has 3 rings (SSSR count). The number of nitro groups is 1. The van der Waals surface area contributed by atoms with E-state index in [1.165, 1.54) is 13.0 Å². The Morgan fingerprint density at radius 2 is 1.80 bits per heavy atom. The molecule has 2 aromatic rings. The van der Waals surface area contributed by atoms with Crippen LogP contribution in [0.2, 0.25) is 0 Å². The molecule has 2 amide bonds. The van der Waals surface area contributed by atoms with Gasteiger partial charge in [-0.2, -0.15) is 0 Å². The van der Waals surface area contributed by atoms with Crippen molar-refractivity contribution in [2.75, 3.05) is 5.73 Å². The number of nitrogens with one attached hydrogen (secondary N) is 1. The molecule has 0 bridgehead atoms. The van der Waals surface area contributed by atoms with Gasteiger partial charge in [0.25, 0.3) is 23.1 Å². The quantitative estimate of drug-likeness (QED) is 0.390. The maximum atomic E-state index is 12.5. The van der Waals surface area contributed by atoms with Crippen molar-refractivity contribution in [2.45, 2.75) is 6.92 Å². The number of rotatable bonds is 2. The third kappa shape index (κ3) is 2.46. The summed E-state index contributed by atoms with van der Waals surface area (Å²) in [6.07, 6.45) is 0. The molecule has 25 heavy (non-hydrogen) atoms. The van der Waals surface area contributed by atoms with Gasteiger partial charge in [0.2, 0.25) is 0 Å². The van der Waals surface area contributed by atoms with Gasteiger partial charge in [0.15, 0.2) is 0 Å². The number of hydrogen-bond acceptors (Lipinski definition) is 6. The van der Waals surface area contributed by atoms with Crippen LogP contribution in [0.3, 0.4) is 0 Å². The Hall–Kier alpha value is -2.53. The van der Waals surface area contributed by atoms with Gasteiger partial charge in [0, 0.05) is 10.5 Å². The minimum Gasteiger partial charge on any atom is -0.384 e. The minimum atomic E-state index is -0.730. The number of carbonyl (C=O) groups excluding carboxylic acids is 2. The van der Waals surface area contributed by atoms with E-state index in [1.807, 2.05) is 0 Å². The lowest BCUT2D eigenvalue weighted by atomic mass is 10.1. The Bertz CT molecular complexity index is 1060. The monoisotopic (exact) mass is 470 g/mol. The van der Waals surface area contributed by atoms with Crippen LogP contribution in [0, 0.1) is 17.0 Å². The van der Waals surface area contributed by atoms with E-state index in [4.69, 9.17) is 5.73 Å². The first kappa shape index (κ1) is 17.3. The van der Waals surface area contributed by atoms with E-state index in [1.54, 1.807) is 0 Å². The molecule has 0 spiro atoms. The molecule has 0 fully saturated rings. The standard InChI is InChI=1S/C14H8Br2N4O5/c1-4-10(6(15)3-7(16)11(4)20(24)25)19-8(21)2-5-9(12(19)17)14(23)18-13(5)22/h2-3H,17H2,1H3,(H,18,22,23). The molecule has 0 radical (unpaired) electrons. The minimum absolute atomic E-state index is 0.118. The fourth-order valence-electron chi connectivity index (χ4n) is 2.73. The Kier molecular flexibility index (Phi) is 4.00. The highest BCUT2D eigenvalue weighted by Crippen LogP contribution is 2.38. The normalized spacial score (nSPS) is 12.9. The van der Waals surface area contributed by atoms with Crippen molar-refractivity contribution in [3.63, 3.8) is 0 Å². The van der Waals surface area contributed by atoms with Crippen molar-refractivity contribution in [1.29, 1.82) is 0 Å². The molecule has 1 aromatic carbocycles. The van der Waals surface area contributed by atoms with Crippen LogP contribution < -0.4 is 16.6 Å². The van der Waals surface area contributed by atoms with E-state index < -0.39 is 22.3 Å². The molecule has 1 aromatic heterocycles. The van der Waals surface area contributed by atoms with Gasteiger partial charge in [-0.1, -0.05) is 0 Å². The number of carbonyl (C=O) groups is 2. The summed E-state index contributed by atoms with van der Waals surface area (Å²) >= 11 is 6.37. The molecule has 0 aliphatic carbocycles. The largest absolute Gasteiger partial charge is 0.384 e. The van der Waals surface area contributed by atoms with Crippen LogP contribution in [0.1, 0.15) is 26.3 Å². The van der Waals surface area contributed by atoms with E-state index in [0.717, 1.165) is 10.6 Å². The van der Waals surface area contributed by atoms with Crippen molar-refractivity contribution < 1.29 is 14.5 Å². The van der Waals surface area contributed by atoms with E-state index in [9.17, 15) is 24.5 Å². The molecule has 0 saturated heterocycles. The number of benzene rings is 1. The maximum absolute atomic E-state index is 12.5. The highest BCUT2D eigenvalue weighted by Gasteiger charge is 2.33. The first-order valence-corrected chi connectivity index (χ1v) is 8.28. The Labute approximate surface area is 156 Å². The third-order valence-corrected chi connectivity index (χ3v) is 4.98. The first-order valence-electron chi connectivity index (χ1n) is 6.69. The summed E-state index contributed by atoms with van der Waals surface area (Å²) < 4.78 is 1.53. The Morgan fingerprint density at radius 1 is 1.16 bits per heavy atom. The van der Waals surface area contributed by atoms with Gasteiger partial charge >= 0.3 is 0 Å². The van der Waals surface area contributed by atoms with Crippen LogP contribution >= 0.6 is 31.9 Å². The van der Waals surface area contributed by atoms with Crippen LogP contribution in [-0.2, 0) is 0 Å². The molecule has 0 saturated carbocycles. The van der Waals surface area contributed by atoms with Crippen molar-refractivity contribution in [3.8, 4) is 5.69 Å². The summed E-state index contributed by atoms with van der Waals surface area (Å²) in [6, 6.07) is 2.39. The Balaban J connectivity index is 2.44. The number of fused-ring (bicyclic) bond motifs is 1. The molecule has 0 unspecified atom stereocenters. The molecule has 2 heterocycles. The molecule has 1 aliphatic heterocycles. The smallest absolute Gasteiger partial charge is 0.288 e. The number of nitro benzene ring substituents is 1. The molecule has 0 atom stereocenters. The first-order chi connectivity index (χ1) is 11.6. The van der Waals surface area contributed by atoms with E-state index in [0.29, 0.717) is 4.47 Å². The summed E-state index contributed by atoms with van der Waals surface area (Å²) in [5.74, 6) is -1.72. The van der Waals surface area contributed by atoms with Gasteiger partial charge in [0.05, 0.1) is 31.8 Å². The second kappa shape index (κ2) is 5.77. The number of pyridine rings is 1. The molecule has 128 valence electrons. The lowest BCUT2D eigenvalue weighted by Crippen LogP contribution is -2.25. The lowest BCUT2D eigenvalue weighted by molar-refractivity contribution is -0.386. The maximum Gasteiger partial charge on any atom is 0.288 e. The third-order valence-electron chi connectivity index (χ3n) is 3.78. The summed E-state index contributed by atoms with van der Waals surface area (Å²) in [6.45, 7) is 1.45. The average Bonchev–Trinajstić information content (AvgIpc) is 2.75. The van der Waals surface area contributed by atoms with Crippen LogP contribution in [-0.4, -0.2) is 21.3 Å². The number of nitrogens with zero attached hydrogens (tertiary/aromatic N) is 2. The molecular formula is C14H8Br2N4O5. The molecule has 3 N–H and O–H groups in total. The van der Waals surface area contributed by atoms with Crippen molar-refractivity contribution >= 4 is 55.2 Å². The zero-order valence-corrected chi connectivity index (χ0v) is 15.6. The van der Waals surface area contributed by atoms with Crippen molar-refractivity contribution in [2.24, 2.45) is 0 Å². The van der Waals surface area contributed by atoms with Crippen LogP contribution in [0.4, 0.5) is 11.5 Å². The van der Waals surface area contributed by atoms with Crippen LogP contribution in [0.5, 0.6) is 0 Å². The van der Waals surface area contributed by atoms with E-state index >= 15 is 0 Å². The number of anilines is 1. The second-order valence-electron chi connectivity index (χ2n) is 5.19. The molecular weight excluding hydrogens is 464 g/mol. The Morgan fingerprint density at radius 3 is 2.40 bits per heavy atom. The van der Waals surface area contributed by atoms with Gasteiger partial charge in [-0.25, -0.2) is 0 Å².